The molecular formula is C52H82N2O16. The minimum Gasteiger partial charge on any atom is -0.466 e. The molecule has 0 spiro atoms. The van der Waals surface area contributed by atoms with Gasteiger partial charge in [-0.2, -0.15) is 0 Å². The average Bonchev–Trinajstić information content (AvgIpc) is 3.28. The lowest BCUT2D eigenvalue weighted by atomic mass is 9.79. The van der Waals surface area contributed by atoms with Crippen molar-refractivity contribution < 1.29 is 76.8 Å². The van der Waals surface area contributed by atoms with Crippen LogP contribution in [0, 0.1) is 17.8 Å². The zero-order chi connectivity index (χ0) is 51.7. The molecule has 2 fully saturated rings. The Bertz CT molecular complexity index is 1820. The second kappa shape index (κ2) is 28.3. The van der Waals surface area contributed by atoms with Crippen LogP contribution in [0.2, 0.25) is 0 Å². The first-order valence-corrected chi connectivity index (χ1v) is 25.1. The van der Waals surface area contributed by atoms with Crippen molar-refractivity contribution in [1.82, 2.24) is 9.80 Å². The van der Waals surface area contributed by atoms with E-state index in [-0.39, 0.29) is 38.8 Å². The highest BCUT2D eigenvalue weighted by atomic mass is 16.7. The lowest BCUT2D eigenvalue weighted by molar-refractivity contribution is -0.341. The predicted octanol–water partition coefficient (Wildman–Crippen LogP) is 4.92. The van der Waals surface area contributed by atoms with Crippen LogP contribution in [0.5, 0.6) is 0 Å². The summed E-state index contributed by atoms with van der Waals surface area (Å²) in [5, 5.41) is 24.2. The maximum absolute atomic E-state index is 13.7. The van der Waals surface area contributed by atoms with E-state index in [1.807, 2.05) is 37.4 Å². The van der Waals surface area contributed by atoms with Crippen LogP contribution in [0.25, 0.3) is 0 Å². The molecule has 2 N–H and O–H groups in total. The maximum atomic E-state index is 13.7. The van der Waals surface area contributed by atoms with Gasteiger partial charge in [-0.05, 0) is 98.0 Å². The summed E-state index contributed by atoms with van der Waals surface area (Å²) in [7, 11) is 4.88. The number of methoxy groups -OCH3 is 1. The number of cyclic esters (lactones) is 1. The number of aliphatic hydroxyl groups is 2. The van der Waals surface area contributed by atoms with Crippen LogP contribution in [0.1, 0.15) is 112 Å². The Kier molecular flexibility index (Phi) is 23.7. The molecule has 396 valence electrons. The van der Waals surface area contributed by atoms with Crippen LogP contribution >= 0.6 is 0 Å². The highest BCUT2D eigenvalue weighted by Crippen LogP contribution is 2.41. The van der Waals surface area contributed by atoms with E-state index >= 15 is 0 Å². The van der Waals surface area contributed by atoms with Gasteiger partial charge in [0.15, 0.2) is 12.6 Å². The van der Waals surface area contributed by atoms with E-state index in [9.17, 15) is 34.2 Å². The fourth-order valence-electron chi connectivity index (χ4n) is 10.1. The number of β-amino-alcohol motifs (C(OH)–C–C–N with tert-alkyl or cyclic N) is 1. The third kappa shape index (κ3) is 16.8. The Morgan fingerprint density at radius 2 is 1.69 bits per heavy atom. The first kappa shape index (κ1) is 58.6. The molecule has 18 nitrogen and oxygen atoms in total. The largest absolute Gasteiger partial charge is 0.466 e. The molecule has 1 aromatic carbocycles. The summed E-state index contributed by atoms with van der Waals surface area (Å²) in [6, 6.07) is 9.42. The summed E-state index contributed by atoms with van der Waals surface area (Å²) in [5.41, 5.74) is -0.116. The highest BCUT2D eigenvalue weighted by molar-refractivity contribution is 5.76. The van der Waals surface area contributed by atoms with Crippen LogP contribution in [-0.4, -0.2) is 170 Å². The number of unbranched alkanes of at least 4 members (excludes halogenated alkanes) is 1. The lowest BCUT2D eigenvalue weighted by Gasteiger charge is -2.50. The Hall–Kier alpha value is -4.01. The van der Waals surface area contributed by atoms with E-state index in [0.717, 1.165) is 25.5 Å². The molecule has 1 aromatic rings. The van der Waals surface area contributed by atoms with Gasteiger partial charge in [0.25, 0.3) is 0 Å². The standard InChI is InChI=1S/C52H82N2O16/c1-12-41(58)67-40-29-42(59)64-33(4)20-19-26-54(25-18-17-23-37-21-15-14-16-22-37)31-39(57)32(3)28-38(24-27-55)48(49(40)62-11)69-51-46(60)45(53(9)10)47(35(6)66-51)68-43-30-52(8,70-36(7)56)44(34(5)65-43)50(61)63-13-2/h14-16,19,21-22,26-27,32-35,38-40,43-49,51,57,60H,12-13,17-18,20,23-25,28-31H2,1-11H3/b26-19+/t32-,33?,34+,35-,38+,39+,40-,43+,44-,45-,46-,47-,48+,49+,51+,52-/m1/s1. The monoisotopic (exact) mass is 991 g/mol. The quantitative estimate of drug-likeness (QED) is 0.0864. The Morgan fingerprint density at radius 1 is 0.971 bits per heavy atom. The molecule has 3 aliphatic heterocycles. The normalized spacial score (nSPS) is 35.3. The van der Waals surface area contributed by atoms with Crippen LogP contribution in [0.3, 0.4) is 0 Å². The Morgan fingerprint density at radius 3 is 2.31 bits per heavy atom. The molecule has 4 rings (SSSR count). The Labute approximate surface area is 414 Å². The van der Waals surface area contributed by atoms with Gasteiger partial charge in [0.1, 0.15) is 48.3 Å². The smallest absolute Gasteiger partial charge is 0.315 e. The molecular weight excluding hydrogens is 909 g/mol. The fourth-order valence-corrected chi connectivity index (χ4v) is 10.1. The molecule has 0 aliphatic carbocycles. The molecule has 0 bridgehead atoms. The lowest BCUT2D eigenvalue weighted by Crippen LogP contribution is -2.66. The number of aldehydes is 1. The van der Waals surface area contributed by atoms with Crippen molar-refractivity contribution in [1.29, 1.82) is 0 Å². The molecule has 3 aliphatic rings. The van der Waals surface area contributed by atoms with E-state index < -0.39 is 127 Å². The topological polar surface area (TPSA) is 215 Å². The van der Waals surface area contributed by atoms with Crippen LogP contribution in [0.4, 0.5) is 0 Å². The van der Waals surface area contributed by atoms with Crippen molar-refractivity contribution >= 4 is 30.2 Å². The number of benzene rings is 1. The molecule has 0 saturated carbocycles. The second-order valence-electron chi connectivity index (χ2n) is 19.6. The van der Waals surface area contributed by atoms with Crippen molar-refractivity contribution in [3.8, 4) is 0 Å². The first-order valence-electron chi connectivity index (χ1n) is 25.1. The van der Waals surface area contributed by atoms with Gasteiger partial charge < -0.3 is 67.4 Å². The molecule has 0 radical (unpaired) electrons. The number of hydrogen-bond donors (Lipinski definition) is 2. The third-order valence-corrected chi connectivity index (χ3v) is 13.6. The molecule has 0 amide bonds. The van der Waals surface area contributed by atoms with E-state index in [1.54, 1.807) is 60.5 Å². The number of rotatable bonds is 18. The van der Waals surface area contributed by atoms with Gasteiger partial charge in [-0.1, -0.05) is 50.3 Å². The van der Waals surface area contributed by atoms with E-state index in [1.165, 1.54) is 19.6 Å². The number of ether oxygens (including phenoxy) is 9. The summed E-state index contributed by atoms with van der Waals surface area (Å²) in [5.74, 6) is -4.53. The highest BCUT2D eigenvalue weighted by Gasteiger charge is 2.55. The van der Waals surface area contributed by atoms with Crippen LogP contribution < -0.4 is 0 Å². The number of carbonyl (C=O) groups is 5. The minimum atomic E-state index is -1.44. The molecule has 70 heavy (non-hydrogen) atoms. The second-order valence-corrected chi connectivity index (χ2v) is 19.6. The van der Waals surface area contributed by atoms with Crippen molar-refractivity contribution in [2.75, 3.05) is 40.9 Å². The van der Waals surface area contributed by atoms with E-state index in [2.05, 4.69) is 17.0 Å². The SMILES string of the molecule is CCOC(=O)[C@H]1[C@H](C)O[C@@H](O[C@H]2[C@H](N(C)C)[C@@H](O)[C@H](O[C@H]3[C@@H](CC=O)C[C@@H](C)[C@@H](O)CN(CCCCc4ccccc4)/C=C/CC(C)OC(=O)C[C@@H](OC(=O)CC)[C@@H]3OC)O[C@@H]2C)C[C@@]1(C)OC(C)=O. The zero-order valence-corrected chi connectivity index (χ0v) is 43.3. The minimum absolute atomic E-state index is 0.0146. The predicted molar refractivity (Wildman–Crippen MR) is 257 cm³/mol. The van der Waals surface area contributed by atoms with Gasteiger partial charge in [0.2, 0.25) is 0 Å². The molecule has 16 atom stereocenters. The molecule has 3 heterocycles. The van der Waals surface area contributed by atoms with Gasteiger partial charge >= 0.3 is 23.9 Å². The van der Waals surface area contributed by atoms with Gasteiger partial charge in [-0.25, -0.2) is 0 Å². The van der Waals surface area contributed by atoms with Crippen molar-refractivity contribution in [2.45, 2.75) is 192 Å². The molecule has 1 unspecified atom stereocenters. The summed E-state index contributed by atoms with van der Waals surface area (Å²) >= 11 is 0. The van der Waals surface area contributed by atoms with Crippen LogP contribution in [-0.2, 0) is 73.0 Å². The van der Waals surface area contributed by atoms with Crippen molar-refractivity contribution in [3.05, 3.63) is 48.2 Å². The zero-order valence-electron chi connectivity index (χ0n) is 43.3. The molecule has 2 saturated heterocycles. The summed E-state index contributed by atoms with van der Waals surface area (Å²) < 4.78 is 55.2. The van der Waals surface area contributed by atoms with Gasteiger partial charge in [0, 0.05) is 52.8 Å². The number of hydrogen-bond acceptors (Lipinski definition) is 18. The molecule has 0 aromatic heterocycles. The van der Waals surface area contributed by atoms with Gasteiger partial charge in [-0.15, -0.1) is 0 Å². The Balaban J connectivity index is 1.68. The van der Waals surface area contributed by atoms with Crippen molar-refractivity contribution in [2.24, 2.45) is 17.8 Å². The van der Waals surface area contributed by atoms with Gasteiger partial charge in [0.05, 0.1) is 43.5 Å². The van der Waals surface area contributed by atoms with E-state index in [4.69, 9.17) is 42.6 Å². The maximum Gasteiger partial charge on any atom is 0.315 e. The number of aryl methyl sites for hydroxylation is 1. The third-order valence-electron chi connectivity index (χ3n) is 13.6. The van der Waals surface area contributed by atoms with Gasteiger partial charge in [-0.3, -0.25) is 19.2 Å². The van der Waals surface area contributed by atoms with Crippen LogP contribution in [0.15, 0.2) is 42.6 Å². The van der Waals surface area contributed by atoms with Crippen molar-refractivity contribution in [3.63, 3.8) is 0 Å². The molecule has 18 heteroatoms. The number of likely N-dealkylation sites (N-methyl/N-ethyl adjacent to an activating group) is 1. The number of carbonyl (C=O) groups excluding carboxylic acids is 5. The summed E-state index contributed by atoms with van der Waals surface area (Å²) in [6.45, 7) is 14.3. The summed E-state index contributed by atoms with van der Waals surface area (Å²) in [4.78, 5) is 68.8. The fraction of sp³-hybridized carbons (Fsp3) is 0.750. The number of nitrogens with zero attached hydrogens (tertiary/aromatic N) is 2. The number of esters is 4. The average molecular weight is 991 g/mol. The summed E-state index contributed by atoms with van der Waals surface area (Å²) in [6.07, 6.45) is -4.08. The van der Waals surface area contributed by atoms with E-state index in [0.29, 0.717) is 13.0 Å². The number of aliphatic hydroxyl groups excluding tert-OH is 2. The first-order chi connectivity index (χ1) is 33.2.